The lowest BCUT2D eigenvalue weighted by Gasteiger charge is -2.65. The fourth-order valence-corrected chi connectivity index (χ4v) is 12.1. The first-order valence-electron chi connectivity index (χ1n) is 19.7. The number of rotatable bonds is 5. The third kappa shape index (κ3) is 5.44. The van der Waals surface area contributed by atoms with E-state index in [2.05, 4.69) is 13.8 Å². The summed E-state index contributed by atoms with van der Waals surface area (Å²) in [7, 11) is 0. The second-order valence-electron chi connectivity index (χ2n) is 17.4. The summed E-state index contributed by atoms with van der Waals surface area (Å²) >= 11 is 0. The van der Waals surface area contributed by atoms with Gasteiger partial charge >= 0.3 is 17.9 Å². The Morgan fingerprint density at radius 3 is 2.17 bits per heavy atom. The van der Waals surface area contributed by atoms with Gasteiger partial charge in [0.1, 0.15) is 6.61 Å². The van der Waals surface area contributed by atoms with Crippen molar-refractivity contribution in [2.45, 2.75) is 120 Å². The lowest BCUT2D eigenvalue weighted by atomic mass is 9.43. The minimum Gasteiger partial charge on any atom is -0.458 e. The molecule has 11 heteroatoms. The van der Waals surface area contributed by atoms with E-state index in [1.807, 2.05) is 0 Å². The molecule has 4 saturated carbocycles. The summed E-state index contributed by atoms with van der Waals surface area (Å²) in [6, 6.07) is 16.9. The first-order valence-corrected chi connectivity index (χ1v) is 19.7. The molecule has 0 aromatic heterocycles. The maximum absolute atomic E-state index is 13.6. The molecular formula is C43H50O11. The number of cyclic esters (lactones) is 1. The van der Waals surface area contributed by atoms with Crippen LogP contribution in [0.25, 0.3) is 0 Å². The van der Waals surface area contributed by atoms with E-state index in [0.717, 1.165) is 37.7 Å². The summed E-state index contributed by atoms with van der Waals surface area (Å²) < 4.78 is 37.0. The Balaban J connectivity index is 0.978. The number of fused-ring (bicyclic) bond motifs is 7. The van der Waals surface area contributed by atoms with Gasteiger partial charge in [-0.1, -0.05) is 50.2 Å². The van der Waals surface area contributed by atoms with Gasteiger partial charge in [0.15, 0.2) is 6.10 Å². The van der Waals surface area contributed by atoms with Crippen LogP contribution in [-0.2, 0) is 33.2 Å². The molecule has 0 spiro atoms. The number of hydrogen-bond donors (Lipinski definition) is 2. The zero-order valence-electron chi connectivity index (χ0n) is 31.1. The van der Waals surface area contributed by atoms with Gasteiger partial charge in [0.25, 0.3) is 5.79 Å². The zero-order chi connectivity index (χ0) is 37.6. The molecule has 0 unspecified atom stereocenters. The fraction of sp³-hybridized carbons (Fsp3) is 0.605. The monoisotopic (exact) mass is 742 g/mol. The highest BCUT2D eigenvalue weighted by molar-refractivity contribution is 5.90. The molecule has 2 N–H and O–H groups in total. The highest BCUT2D eigenvalue weighted by Crippen LogP contribution is 2.70. The predicted molar refractivity (Wildman–Crippen MR) is 191 cm³/mol. The molecule has 0 amide bonds. The van der Waals surface area contributed by atoms with Crippen molar-refractivity contribution >= 4 is 17.9 Å². The molecular weight excluding hydrogens is 692 g/mol. The van der Waals surface area contributed by atoms with Crippen molar-refractivity contribution in [3.63, 3.8) is 0 Å². The van der Waals surface area contributed by atoms with Crippen LogP contribution in [0.4, 0.5) is 0 Å². The molecule has 0 bridgehead atoms. The topological polar surface area (TPSA) is 147 Å². The number of esters is 3. The second-order valence-corrected chi connectivity index (χ2v) is 17.4. The Labute approximate surface area is 315 Å². The number of carbonyl (C=O) groups excluding carboxylic acids is 3. The van der Waals surface area contributed by atoms with E-state index in [1.165, 1.54) is 0 Å². The molecule has 11 nitrogen and oxygen atoms in total. The van der Waals surface area contributed by atoms with E-state index >= 15 is 0 Å². The third-order valence-electron chi connectivity index (χ3n) is 14.9. The van der Waals surface area contributed by atoms with Gasteiger partial charge < -0.3 is 38.6 Å². The van der Waals surface area contributed by atoms with E-state index in [9.17, 15) is 24.6 Å². The first kappa shape index (κ1) is 36.1. The molecule has 54 heavy (non-hydrogen) atoms. The minimum atomic E-state index is -2.27. The van der Waals surface area contributed by atoms with Crippen LogP contribution in [0.5, 0.6) is 0 Å². The van der Waals surface area contributed by atoms with Gasteiger partial charge in [0.2, 0.25) is 12.4 Å². The summed E-state index contributed by atoms with van der Waals surface area (Å²) in [5, 5.41) is 25.2. The zero-order valence-corrected chi connectivity index (χ0v) is 31.1. The van der Waals surface area contributed by atoms with Crippen molar-refractivity contribution in [2.24, 2.45) is 34.5 Å². The second kappa shape index (κ2) is 13.0. The molecule has 4 aliphatic carbocycles. The molecule has 9 rings (SSSR count). The number of carbonyl (C=O) groups is 3. The average Bonchev–Trinajstić information content (AvgIpc) is 3.71. The van der Waals surface area contributed by atoms with Crippen molar-refractivity contribution in [3.05, 3.63) is 83.4 Å². The van der Waals surface area contributed by atoms with Crippen molar-refractivity contribution < 1.29 is 53.0 Å². The van der Waals surface area contributed by atoms with E-state index in [4.69, 9.17) is 28.4 Å². The molecule has 2 aromatic carbocycles. The molecule has 0 radical (unpaired) electrons. The summed E-state index contributed by atoms with van der Waals surface area (Å²) in [5.74, 6) is -3.21. The average molecular weight is 743 g/mol. The normalized spacial score (nSPS) is 45.0. The summed E-state index contributed by atoms with van der Waals surface area (Å²) in [6.45, 7) is 6.58. The third-order valence-corrected chi connectivity index (χ3v) is 14.9. The van der Waals surface area contributed by atoms with Crippen LogP contribution in [0, 0.1) is 34.5 Å². The summed E-state index contributed by atoms with van der Waals surface area (Å²) in [6.07, 6.45) is 2.21. The van der Waals surface area contributed by atoms with Crippen LogP contribution in [0.1, 0.15) is 92.9 Å². The van der Waals surface area contributed by atoms with Gasteiger partial charge in [-0.25, -0.2) is 14.4 Å². The SMILES string of the molecule is C[C@H]1O[C@H]2O[C@@H]3C[C@@]4(C)[C@@H](CC[C@@H]5[C@@H]4CC[C@]4(C)[C@@H](C6=CC(=O)OC6)CC[C@]54O)C[C@H]3O[C@@]2(O)[C@@H](OC(=O)c2ccccc2)[C@@H]1OC(=O)c1ccccc1. The van der Waals surface area contributed by atoms with Crippen molar-refractivity contribution in [1.82, 2.24) is 0 Å². The van der Waals surface area contributed by atoms with Crippen molar-refractivity contribution in [3.8, 4) is 0 Å². The van der Waals surface area contributed by atoms with Gasteiger partial charge in [0, 0.05) is 11.5 Å². The van der Waals surface area contributed by atoms with Crippen LogP contribution in [0.2, 0.25) is 0 Å². The van der Waals surface area contributed by atoms with E-state index in [0.29, 0.717) is 31.4 Å². The van der Waals surface area contributed by atoms with Gasteiger partial charge in [0.05, 0.1) is 35.0 Å². The van der Waals surface area contributed by atoms with Gasteiger partial charge in [-0.15, -0.1) is 0 Å². The quantitative estimate of drug-likeness (QED) is 0.227. The van der Waals surface area contributed by atoms with Crippen molar-refractivity contribution in [1.29, 1.82) is 0 Å². The number of hydrogen-bond acceptors (Lipinski definition) is 11. The molecule has 3 aliphatic heterocycles. The van der Waals surface area contributed by atoms with Gasteiger partial charge in [-0.05, 0) is 117 Å². The maximum Gasteiger partial charge on any atom is 0.338 e. The Morgan fingerprint density at radius 2 is 1.50 bits per heavy atom. The van der Waals surface area contributed by atoms with Crippen LogP contribution in [0.15, 0.2) is 72.3 Å². The highest BCUT2D eigenvalue weighted by Gasteiger charge is 2.70. The number of aliphatic hydroxyl groups is 2. The highest BCUT2D eigenvalue weighted by atomic mass is 16.8. The van der Waals surface area contributed by atoms with Gasteiger partial charge in [-0.3, -0.25) is 0 Å². The summed E-state index contributed by atoms with van der Waals surface area (Å²) in [4.78, 5) is 38.9. The first-order chi connectivity index (χ1) is 25.8. The van der Waals surface area contributed by atoms with Crippen LogP contribution < -0.4 is 0 Å². The maximum atomic E-state index is 13.6. The Kier molecular flexibility index (Phi) is 8.67. The largest absolute Gasteiger partial charge is 0.458 e. The molecule has 7 aliphatic rings. The standard InChI is InChI=1S/C43H50O11/c1-24-35(52-37(45)25-10-6-4-7-11-25)36(53-38(46)26-12-8-5-9-13-26)43(48)39(50-24)51-33-22-40(2)28(21-32(33)54-43)14-15-31-30(40)16-18-41(3)29(17-19-42(31,41)47)27-20-34(44)49-23-27/h4-13,20,24,28-33,35-36,39,47-48H,14-19,21-23H2,1-3H3/t24-,28+,29-,30+,31-,32-,33-,35-,36+,39+,40+,41-,42+,43+/m1/s1. The minimum absolute atomic E-state index is 0.104. The lowest BCUT2D eigenvalue weighted by Crippen LogP contribution is -2.74. The summed E-state index contributed by atoms with van der Waals surface area (Å²) in [5.41, 5.74) is 0.224. The molecule has 2 aromatic rings. The number of ether oxygens (including phenoxy) is 6. The van der Waals surface area contributed by atoms with Crippen LogP contribution >= 0.6 is 0 Å². The smallest absolute Gasteiger partial charge is 0.338 e. The predicted octanol–water partition coefficient (Wildman–Crippen LogP) is 5.52. The number of benzene rings is 2. The molecule has 6 fully saturated rings. The molecule has 14 atom stereocenters. The Hall–Kier alpha value is -3.61. The molecule has 288 valence electrons. The van der Waals surface area contributed by atoms with Crippen LogP contribution in [0.3, 0.4) is 0 Å². The van der Waals surface area contributed by atoms with Crippen LogP contribution in [-0.4, -0.2) is 82.9 Å². The Morgan fingerprint density at radius 1 is 0.815 bits per heavy atom. The van der Waals surface area contributed by atoms with Crippen molar-refractivity contribution in [2.75, 3.05) is 6.61 Å². The van der Waals surface area contributed by atoms with E-state index in [1.54, 1.807) is 73.7 Å². The molecule has 3 heterocycles. The lowest BCUT2D eigenvalue weighted by molar-refractivity contribution is -0.467. The van der Waals surface area contributed by atoms with E-state index < -0.39 is 60.1 Å². The van der Waals surface area contributed by atoms with E-state index in [-0.39, 0.29) is 46.0 Å². The Bertz CT molecular complexity index is 1830. The van der Waals surface area contributed by atoms with Gasteiger partial charge in [-0.2, -0.15) is 0 Å². The fourth-order valence-electron chi connectivity index (χ4n) is 12.1. The molecule has 2 saturated heterocycles.